The monoisotopic (exact) mass is 318 g/mol. The van der Waals surface area contributed by atoms with Crippen LogP contribution in [0.15, 0.2) is 42.1 Å². The second kappa shape index (κ2) is 7.06. The number of benzene rings is 1. The first kappa shape index (κ1) is 16.7. The van der Waals surface area contributed by atoms with E-state index in [2.05, 4.69) is 10.1 Å². The van der Waals surface area contributed by atoms with Crippen LogP contribution >= 0.6 is 0 Å². The number of amides is 2. The number of hydrogen-bond acceptors (Lipinski definition) is 5. The number of nitrogens with zero attached hydrogens (tertiary/aromatic N) is 1. The fourth-order valence-corrected chi connectivity index (χ4v) is 2.38. The van der Waals surface area contributed by atoms with Crippen molar-refractivity contribution in [3.63, 3.8) is 0 Å². The van der Waals surface area contributed by atoms with Gasteiger partial charge in [0.05, 0.1) is 18.8 Å². The maximum atomic E-state index is 12.7. The molecule has 1 heterocycles. The number of ether oxygens (including phenoxy) is 1. The van der Waals surface area contributed by atoms with Crippen molar-refractivity contribution < 1.29 is 24.2 Å². The third kappa shape index (κ3) is 3.75. The molecule has 2 rings (SSSR count). The molecule has 0 bridgehead atoms. The third-order valence-corrected chi connectivity index (χ3v) is 3.44. The lowest BCUT2D eigenvalue weighted by Crippen LogP contribution is -2.56. The van der Waals surface area contributed by atoms with Crippen molar-refractivity contribution in [1.82, 2.24) is 10.2 Å². The molecule has 1 aromatic rings. The molecular formula is C16H18N2O5. The fraction of sp³-hybridized carbons (Fsp3) is 0.312. The first-order valence-corrected chi connectivity index (χ1v) is 7.06. The first-order chi connectivity index (χ1) is 10.9. The number of nitrogens with one attached hydrogen (secondary N) is 1. The Morgan fingerprint density at radius 2 is 1.91 bits per heavy atom. The summed E-state index contributed by atoms with van der Waals surface area (Å²) in [6, 6.07) is 8.39. The summed E-state index contributed by atoms with van der Waals surface area (Å²) in [6.45, 7) is 1.29. The molecule has 2 amide bonds. The maximum Gasteiger partial charge on any atom is 0.335 e. The highest BCUT2D eigenvalue weighted by atomic mass is 16.5. The summed E-state index contributed by atoms with van der Waals surface area (Å²) in [5.74, 6) is -1.46. The lowest BCUT2D eigenvalue weighted by molar-refractivity contribution is -0.137. The number of methoxy groups -OCH3 is 1. The molecule has 0 aliphatic carbocycles. The highest BCUT2D eigenvalue weighted by Crippen LogP contribution is 2.23. The van der Waals surface area contributed by atoms with Crippen LogP contribution in [0.5, 0.6) is 0 Å². The minimum Gasteiger partial charge on any atom is -0.466 e. The van der Waals surface area contributed by atoms with Gasteiger partial charge in [0.1, 0.15) is 6.17 Å². The molecule has 2 N–H and O–H groups in total. The zero-order chi connectivity index (χ0) is 17.0. The Morgan fingerprint density at radius 3 is 2.48 bits per heavy atom. The van der Waals surface area contributed by atoms with E-state index in [1.54, 1.807) is 30.3 Å². The standard InChI is InChI=1S/C16H18N2O5/c1-10(19)17-14-13(20)8-12(16(22)23-2)9-18(14)15(21)11-6-4-3-5-7-11/h3-7,9,13-14,20H,8H2,1-2H3,(H,17,19)/t13-,14+/m1/s1. The molecule has 0 spiro atoms. The van der Waals surface area contributed by atoms with Crippen LogP contribution in [0.2, 0.25) is 0 Å². The van der Waals surface area contributed by atoms with Crippen LogP contribution in [-0.2, 0) is 14.3 Å². The molecule has 0 fully saturated rings. The molecule has 122 valence electrons. The number of aliphatic hydroxyl groups excluding tert-OH is 1. The highest BCUT2D eigenvalue weighted by molar-refractivity contribution is 5.97. The van der Waals surface area contributed by atoms with Gasteiger partial charge in [0, 0.05) is 25.1 Å². The Morgan fingerprint density at radius 1 is 1.26 bits per heavy atom. The Bertz CT molecular complexity index is 641. The predicted molar refractivity (Wildman–Crippen MR) is 80.9 cm³/mol. The molecule has 0 saturated carbocycles. The Balaban J connectivity index is 2.40. The van der Waals surface area contributed by atoms with E-state index < -0.39 is 30.1 Å². The summed E-state index contributed by atoms with van der Waals surface area (Å²) < 4.78 is 4.64. The quantitative estimate of drug-likeness (QED) is 0.787. The van der Waals surface area contributed by atoms with E-state index in [4.69, 9.17) is 0 Å². The van der Waals surface area contributed by atoms with Crippen molar-refractivity contribution in [1.29, 1.82) is 0 Å². The van der Waals surface area contributed by atoms with Crippen molar-refractivity contribution >= 4 is 17.8 Å². The SMILES string of the molecule is COC(=O)C1=CN(C(=O)c2ccccc2)[C@H](NC(C)=O)[C@H](O)C1. The van der Waals surface area contributed by atoms with E-state index in [1.807, 2.05) is 0 Å². The van der Waals surface area contributed by atoms with Crippen LogP contribution in [0, 0.1) is 0 Å². The third-order valence-electron chi connectivity index (χ3n) is 3.44. The number of rotatable bonds is 3. The summed E-state index contributed by atoms with van der Waals surface area (Å²) in [4.78, 5) is 36.9. The molecule has 7 heteroatoms. The lowest BCUT2D eigenvalue weighted by atomic mass is 10.0. The summed E-state index contributed by atoms with van der Waals surface area (Å²) in [5, 5.41) is 12.8. The molecule has 0 aromatic heterocycles. The smallest absolute Gasteiger partial charge is 0.335 e. The van der Waals surface area contributed by atoms with Gasteiger partial charge in [-0.05, 0) is 12.1 Å². The van der Waals surface area contributed by atoms with Gasteiger partial charge in [0.15, 0.2) is 0 Å². The van der Waals surface area contributed by atoms with Crippen LogP contribution in [0.3, 0.4) is 0 Å². The number of carbonyl (C=O) groups is 3. The van der Waals surface area contributed by atoms with Gasteiger partial charge < -0.3 is 15.2 Å². The molecule has 0 unspecified atom stereocenters. The number of hydrogen-bond donors (Lipinski definition) is 2. The van der Waals surface area contributed by atoms with Crippen molar-refractivity contribution in [3.8, 4) is 0 Å². The number of carbonyl (C=O) groups excluding carboxylic acids is 3. The minimum absolute atomic E-state index is 0.0177. The van der Waals surface area contributed by atoms with Gasteiger partial charge in [-0.15, -0.1) is 0 Å². The van der Waals surface area contributed by atoms with Crippen molar-refractivity contribution in [2.75, 3.05) is 7.11 Å². The van der Waals surface area contributed by atoms with E-state index in [-0.39, 0.29) is 12.0 Å². The van der Waals surface area contributed by atoms with Crippen LogP contribution in [0.1, 0.15) is 23.7 Å². The van der Waals surface area contributed by atoms with Gasteiger partial charge in [-0.25, -0.2) is 4.79 Å². The minimum atomic E-state index is -1.12. The second-order valence-corrected chi connectivity index (χ2v) is 5.14. The van der Waals surface area contributed by atoms with Gasteiger partial charge in [0.25, 0.3) is 5.91 Å². The maximum absolute atomic E-state index is 12.7. The molecule has 0 radical (unpaired) electrons. The summed E-state index contributed by atoms with van der Waals surface area (Å²) in [6.07, 6.45) is -0.774. The number of aliphatic hydroxyl groups is 1. The Kier molecular flexibility index (Phi) is 5.13. The van der Waals surface area contributed by atoms with Gasteiger partial charge in [-0.2, -0.15) is 0 Å². The van der Waals surface area contributed by atoms with Gasteiger partial charge in [0.2, 0.25) is 5.91 Å². The number of esters is 1. The lowest BCUT2D eigenvalue weighted by Gasteiger charge is -2.36. The van der Waals surface area contributed by atoms with Crippen molar-refractivity contribution in [3.05, 3.63) is 47.7 Å². The molecule has 2 atom stereocenters. The van der Waals surface area contributed by atoms with Gasteiger partial charge >= 0.3 is 5.97 Å². The summed E-state index contributed by atoms with van der Waals surface area (Å²) in [5.41, 5.74) is 0.531. The van der Waals surface area contributed by atoms with Crippen molar-refractivity contribution in [2.24, 2.45) is 0 Å². The van der Waals surface area contributed by atoms with Crippen LogP contribution < -0.4 is 5.32 Å². The molecule has 1 aliphatic rings. The van der Waals surface area contributed by atoms with E-state index in [0.29, 0.717) is 5.56 Å². The molecule has 23 heavy (non-hydrogen) atoms. The average molecular weight is 318 g/mol. The van der Waals surface area contributed by atoms with E-state index in [1.165, 1.54) is 20.2 Å². The zero-order valence-electron chi connectivity index (χ0n) is 12.9. The first-order valence-electron chi connectivity index (χ1n) is 7.06. The predicted octanol–water partition coefficient (Wildman–Crippen LogP) is 0.412. The molecule has 7 nitrogen and oxygen atoms in total. The van der Waals surface area contributed by atoms with Crippen LogP contribution in [0.25, 0.3) is 0 Å². The molecule has 1 aromatic carbocycles. The fourth-order valence-electron chi connectivity index (χ4n) is 2.38. The normalized spacial score (nSPS) is 20.5. The summed E-state index contributed by atoms with van der Waals surface area (Å²) >= 11 is 0. The van der Waals surface area contributed by atoms with Crippen LogP contribution in [-0.4, -0.2) is 47.2 Å². The van der Waals surface area contributed by atoms with Gasteiger partial charge in [-0.1, -0.05) is 18.2 Å². The molecule has 0 saturated heterocycles. The summed E-state index contributed by atoms with van der Waals surface area (Å²) in [7, 11) is 1.22. The van der Waals surface area contributed by atoms with E-state index in [0.717, 1.165) is 4.90 Å². The topological polar surface area (TPSA) is 95.9 Å². The largest absolute Gasteiger partial charge is 0.466 e. The highest BCUT2D eigenvalue weighted by Gasteiger charge is 2.36. The Labute approximate surface area is 133 Å². The van der Waals surface area contributed by atoms with Crippen molar-refractivity contribution in [2.45, 2.75) is 25.6 Å². The zero-order valence-corrected chi connectivity index (χ0v) is 12.9. The Hall–Kier alpha value is -2.67. The van der Waals surface area contributed by atoms with Crippen LogP contribution in [0.4, 0.5) is 0 Å². The van der Waals surface area contributed by atoms with E-state index in [9.17, 15) is 19.5 Å². The second-order valence-electron chi connectivity index (χ2n) is 5.14. The van der Waals surface area contributed by atoms with Gasteiger partial charge in [-0.3, -0.25) is 14.5 Å². The van der Waals surface area contributed by atoms with E-state index >= 15 is 0 Å². The molecular weight excluding hydrogens is 300 g/mol. The average Bonchev–Trinajstić information content (AvgIpc) is 2.55. The molecule has 1 aliphatic heterocycles.